The molecule has 9 nitrogen and oxygen atoms in total. The summed E-state index contributed by atoms with van der Waals surface area (Å²) in [5.41, 5.74) is 7.70. The van der Waals surface area contributed by atoms with Gasteiger partial charge in [-0.05, 0) is 66.2 Å². The van der Waals surface area contributed by atoms with Crippen LogP contribution < -0.4 is 16.4 Å². The van der Waals surface area contributed by atoms with Gasteiger partial charge in [-0.15, -0.1) is 11.8 Å². The first-order chi connectivity index (χ1) is 18.3. The minimum absolute atomic E-state index is 0.0948. The summed E-state index contributed by atoms with van der Waals surface area (Å²) in [4.78, 5) is 48.1. The summed E-state index contributed by atoms with van der Waals surface area (Å²) < 4.78 is 0. The number of benzene rings is 4. The molecule has 38 heavy (non-hydrogen) atoms. The summed E-state index contributed by atoms with van der Waals surface area (Å²) in [7, 11) is 0. The third-order valence-electron chi connectivity index (χ3n) is 5.48. The SMILES string of the molecule is NC(=O)c1ccc(NC(=O)C(Sc2ccc(NC(=O)c3ccc([N+](=O)[O-])cc3)cc2)c2ccccc2)cc1. The van der Waals surface area contributed by atoms with Crippen molar-refractivity contribution in [1.29, 1.82) is 0 Å². The standard InChI is InChI=1S/C28H22N4O5S/c29-26(33)19-6-10-21(11-7-19)31-28(35)25(18-4-2-1-3-5-18)38-24-16-12-22(13-17-24)30-27(34)20-8-14-23(15-9-20)32(36)37/h1-17,25H,(H2,29,33)(H,30,34)(H,31,35). The molecule has 0 radical (unpaired) electrons. The number of primary amides is 1. The molecule has 4 aromatic rings. The minimum Gasteiger partial charge on any atom is -0.366 e. The molecule has 0 saturated heterocycles. The molecule has 190 valence electrons. The van der Waals surface area contributed by atoms with E-state index >= 15 is 0 Å². The van der Waals surface area contributed by atoms with Gasteiger partial charge in [0.2, 0.25) is 11.8 Å². The lowest BCUT2D eigenvalue weighted by Crippen LogP contribution is -2.19. The van der Waals surface area contributed by atoms with E-state index in [4.69, 9.17) is 5.73 Å². The number of carbonyl (C=O) groups is 3. The maximum atomic E-state index is 13.2. The van der Waals surface area contributed by atoms with Crippen molar-refractivity contribution in [3.8, 4) is 0 Å². The summed E-state index contributed by atoms with van der Waals surface area (Å²) in [6, 6.07) is 28.0. The first-order valence-electron chi connectivity index (χ1n) is 11.4. The van der Waals surface area contributed by atoms with Gasteiger partial charge in [0.25, 0.3) is 11.6 Å². The van der Waals surface area contributed by atoms with Crippen LogP contribution in [0.4, 0.5) is 17.1 Å². The van der Waals surface area contributed by atoms with Crippen molar-refractivity contribution in [2.75, 3.05) is 10.6 Å². The van der Waals surface area contributed by atoms with Crippen molar-refractivity contribution < 1.29 is 19.3 Å². The minimum atomic E-state index is -0.576. The van der Waals surface area contributed by atoms with Gasteiger partial charge in [0.1, 0.15) is 5.25 Å². The number of nitro benzene ring substituents is 1. The Morgan fingerprint density at radius 3 is 1.87 bits per heavy atom. The second-order valence-corrected chi connectivity index (χ2v) is 9.30. The number of rotatable bonds is 9. The molecule has 10 heteroatoms. The average molecular weight is 527 g/mol. The fourth-order valence-corrected chi connectivity index (χ4v) is 4.54. The number of nitrogens with one attached hydrogen (secondary N) is 2. The van der Waals surface area contributed by atoms with Gasteiger partial charge in [0, 0.05) is 39.5 Å². The Labute approximate surface area is 222 Å². The van der Waals surface area contributed by atoms with E-state index in [-0.39, 0.29) is 11.6 Å². The Morgan fingerprint density at radius 1 is 0.737 bits per heavy atom. The molecule has 0 heterocycles. The molecule has 0 aromatic heterocycles. The van der Waals surface area contributed by atoms with E-state index in [1.165, 1.54) is 36.0 Å². The quantitative estimate of drug-likeness (QED) is 0.151. The number of nitrogens with zero attached hydrogens (tertiary/aromatic N) is 1. The van der Waals surface area contributed by atoms with E-state index in [0.717, 1.165) is 10.5 Å². The Bertz CT molecular complexity index is 1460. The highest BCUT2D eigenvalue weighted by atomic mass is 32.2. The van der Waals surface area contributed by atoms with Gasteiger partial charge < -0.3 is 16.4 Å². The molecule has 0 aliphatic heterocycles. The zero-order valence-electron chi connectivity index (χ0n) is 19.9. The Balaban J connectivity index is 1.46. The summed E-state index contributed by atoms with van der Waals surface area (Å²) in [6.07, 6.45) is 0. The van der Waals surface area contributed by atoms with Crippen molar-refractivity contribution in [1.82, 2.24) is 0 Å². The molecule has 4 rings (SSSR count). The molecule has 4 aromatic carbocycles. The number of hydrogen-bond acceptors (Lipinski definition) is 6. The van der Waals surface area contributed by atoms with Gasteiger partial charge in [0.05, 0.1) is 4.92 Å². The van der Waals surface area contributed by atoms with Gasteiger partial charge in [-0.3, -0.25) is 24.5 Å². The Kier molecular flexibility index (Phi) is 8.14. The maximum Gasteiger partial charge on any atom is 0.269 e. The highest BCUT2D eigenvalue weighted by Crippen LogP contribution is 2.36. The van der Waals surface area contributed by atoms with Crippen LogP contribution in [0.25, 0.3) is 0 Å². The van der Waals surface area contributed by atoms with Crippen LogP contribution in [-0.4, -0.2) is 22.6 Å². The first kappa shape index (κ1) is 26.1. The predicted molar refractivity (Wildman–Crippen MR) is 146 cm³/mol. The van der Waals surface area contributed by atoms with Crippen LogP contribution >= 0.6 is 11.8 Å². The fourth-order valence-electron chi connectivity index (χ4n) is 3.52. The highest BCUT2D eigenvalue weighted by Gasteiger charge is 2.22. The molecule has 4 N–H and O–H groups in total. The Hall–Kier alpha value is -4.96. The summed E-state index contributed by atoms with van der Waals surface area (Å²) in [6.45, 7) is 0. The van der Waals surface area contributed by atoms with Crippen molar-refractivity contribution in [3.63, 3.8) is 0 Å². The van der Waals surface area contributed by atoms with Crippen LogP contribution in [0.5, 0.6) is 0 Å². The summed E-state index contributed by atoms with van der Waals surface area (Å²) >= 11 is 1.34. The number of nitro groups is 1. The van der Waals surface area contributed by atoms with Gasteiger partial charge in [-0.25, -0.2) is 0 Å². The lowest BCUT2D eigenvalue weighted by Gasteiger charge is -2.17. The second kappa shape index (κ2) is 11.8. The van der Waals surface area contributed by atoms with E-state index < -0.39 is 22.0 Å². The molecule has 0 spiro atoms. The van der Waals surface area contributed by atoms with E-state index in [2.05, 4.69) is 10.6 Å². The number of thioether (sulfide) groups is 1. The normalized spacial score (nSPS) is 11.3. The number of amides is 3. The molecule has 3 amide bonds. The zero-order chi connectivity index (χ0) is 27.1. The fraction of sp³-hybridized carbons (Fsp3) is 0.0357. The van der Waals surface area contributed by atoms with Crippen LogP contribution in [0.3, 0.4) is 0 Å². The summed E-state index contributed by atoms with van der Waals surface area (Å²) in [5.74, 6) is -1.19. The van der Waals surface area contributed by atoms with Crippen LogP contribution in [-0.2, 0) is 4.79 Å². The van der Waals surface area contributed by atoms with Crippen molar-refractivity contribution in [2.24, 2.45) is 5.73 Å². The van der Waals surface area contributed by atoms with Crippen LogP contribution in [0.2, 0.25) is 0 Å². The monoisotopic (exact) mass is 526 g/mol. The number of non-ortho nitro benzene ring substituents is 1. The highest BCUT2D eigenvalue weighted by molar-refractivity contribution is 8.00. The smallest absolute Gasteiger partial charge is 0.269 e. The van der Waals surface area contributed by atoms with Gasteiger partial charge in [0.15, 0.2) is 0 Å². The topological polar surface area (TPSA) is 144 Å². The van der Waals surface area contributed by atoms with Gasteiger partial charge >= 0.3 is 0 Å². The van der Waals surface area contributed by atoms with Gasteiger partial charge in [-0.2, -0.15) is 0 Å². The largest absolute Gasteiger partial charge is 0.366 e. The number of nitrogens with two attached hydrogens (primary N) is 1. The number of hydrogen-bond donors (Lipinski definition) is 3. The van der Waals surface area contributed by atoms with Crippen molar-refractivity contribution in [3.05, 3.63) is 130 Å². The van der Waals surface area contributed by atoms with Gasteiger partial charge in [-0.1, -0.05) is 30.3 Å². The van der Waals surface area contributed by atoms with E-state index in [9.17, 15) is 24.5 Å². The van der Waals surface area contributed by atoms with E-state index in [0.29, 0.717) is 22.5 Å². The molecule has 0 saturated carbocycles. The predicted octanol–water partition coefficient (Wildman–Crippen LogP) is 5.42. The molecule has 0 bridgehead atoms. The van der Waals surface area contributed by atoms with Crippen LogP contribution in [0.1, 0.15) is 31.5 Å². The molecule has 0 fully saturated rings. The second-order valence-electron chi connectivity index (χ2n) is 8.12. The third-order valence-corrected chi connectivity index (χ3v) is 6.75. The number of carbonyl (C=O) groups excluding carboxylic acids is 3. The Morgan fingerprint density at radius 2 is 1.29 bits per heavy atom. The van der Waals surface area contributed by atoms with Crippen molar-refractivity contribution >= 4 is 46.5 Å². The zero-order valence-corrected chi connectivity index (χ0v) is 20.7. The molecule has 1 atom stereocenters. The first-order valence-corrected chi connectivity index (χ1v) is 12.3. The molecule has 0 aliphatic carbocycles. The van der Waals surface area contributed by atoms with E-state index in [1.54, 1.807) is 48.5 Å². The lowest BCUT2D eigenvalue weighted by molar-refractivity contribution is -0.384. The molecule has 0 aliphatic rings. The van der Waals surface area contributed by atoms with Crippen LogP contribution in [0.15, 0.2) is 108 Å². The lowest BCUT2D eigenvalue weighted by atomic mass is 10.1. The maximum absolute atomic E-state index is 13.2. The third kappa shape index (κ3) is 6.62. The van der Waals surface area contributed by atoms with E-state index in [1.807, 2.05) is 30.3 Å². The molecule has 1 unspecified atom stereocenters. The summed E-state index contributed by atoms with van der Waals surface area (Å²) in [5, 5.41) is 15.9. The average Bonchev–Trinajstić information content (AvgIpc) is 2.93. The number of anilines is 2. The molecular weight excluding hydrogens is 504 g/mol. The van der Waals surface area contributed by atoms with Crippen molar-refractivity contribution in [2.45, 2.75) is 10.1 Å². The molecular formula is C28H22N4O5S. The van der Waals surface area contributed by atoms with Crippen LogP contribution in [0, 0.1) is 10.1 Å².